The molecule has 1 amide bonds. The van der Waals surface area contributed by atoms with Crippen LogP contribution < -0.4 is 5.32 Å². The molecule has 3 aromatic carbocycles. The van der Waals surface area contributed by atoms with Gasteiger partial charge in [0.1, 0.15) is 0 Å². The third-order valence-corrected chi connectivity index (χ3v) is 3.83. The fraction of sp³-hybridized carbons (Fsp3) is 0.0500. The Labute approximate surface area is 155 Å². The smallest absolute Gasteiger partial charge is 0.273 e. The van der Waals surface area contributed by atoms with Crippen LogP contribution in [0.15, 0.2) is 83.0 Å². The molecule has 0 aliphatic heterocycles. The average molecular weight is 360 g/mol. The van der Waals surface area contributed by atoms with Crippen molar-refractivity contribution in [2.24, 2.45) is 10.2 Å². The number of rotatable bonds is 5. The molecule has 0 heterocycles. The third kappa shape index (κ3) is 4.60. The van der Waals surface area contributed by atoms with Crippen LogP contribution in [0.4, 0.5) is 22.7 Å². The number of hydrogen-bond acceptors (Lipinski definition) is 5. The van der Waals surface area contributed by atoms with Crippen molar-refractivity contribution in [2.45, 2.75) is 6.92 Å². The molecule has 0 aliphatic rings. The summed E-state index contributed by atoms with van der Waals surface area (Å²) < 4.78 is 0. The Morgan fingerprint density at radius 3 is 2.19 bits per heavy atom. The van der Waals surface area contributed by atoms with Crippen LogP contribution in [0.2, 0.25) is 0 Å². The van der Waals surface area contributed by atoms with Gasteiger partial charge in [-0.25, -0.2) is 0 Å². The van der Waals surface area contributed by atoms with E-state index in [0.29, 0.717) is 16.9 Å². The number of azo groups is 1. The molecule has 0 aromatic heterocycles. The zero-order valence-electron chi connectivity index (χ0n) is 14.5. The van der Waals surface area contributed by atoms with Gasteiger partial charge in [0.15, 0.2) is 0 Å². The van der Waals surface area contributed by atoms with Gasteiger partial charge in [0, 0.05) is 22.9 Å². The number of anilines is 1. The highest BCUT2D eigenvalue weighted by molar-refractivity contribution is 6.04. The van der Waals surface area contributed by atoms with E-state index in [2.05, 4.69) is 15.5 Å². The van der Waals surface area contributed by atoms with Gasteiger partial charge >= 0.3 is 0 Å². The number of nitrogens with zero attached hydrogens (tertiary/aromatic N) is 3. The molecular weight excluding hydrogens is 344 g/mol. The van der Waals surface area contributed by atoms with Crippen LogP contribution in [0.25, 0.3) is 0 Å². The second-order valence-corrected chi connectivity index (χ2v) is 5.79. The molecule has 134 valence electrons. The molecule has 0 fully saturated rings. The van der Waals surface area contributed by atoms with Gasteiger partial charge in [-0.15, -0.1) is 0 Å². The average Bonchev–Trinajstić information content (AvgIpc) is 2.68. The predicted molar refractivity (Wildman–Crippen MR) is 103 cm³/mol. The van der Waals surface area contributed by atoms with E-state index in [-0.39, 0.29) is 11.3 Å². The molecule has 0 saturated heterocycles. The maximum Gasteiger partial charge on any atom is 0.273 e. The Morgan fingerprint density at radius 2 is 1.56 bits per heavy atom. The molecule has 0 radical (unpaired) electrons. The number of benzene rings is 3. The lowest BCUT2D eigenvalue weighted by Crippen LogP contribution is -2.12. The first-order valence-corrected chi connectivity index (χ1v) is 8.16. The zero-order valence-corrected chi connectivity index (χ0v) is 14.5. The summed E-state index contributed by atoms with van der Waals surface area (Å²) in [5, 5.41) is 22.0. The lowest BCUT2D eigenvalue weighted by Gasteiger charge is -2.06. The molecule has 0 bridgehead atoms. The number of aryl methyl sites for hydroxylation is 1. The van der Waals surface area contributed by atoms with Crippen LogP contribution in [0.3, 0.4) is 0 Å². The van der Waals surface area contributed by atoms with Gasteiger partial charge in [-0.1, -0.05) is 24.3 Å². The number of carbonyl (C=O) groups excluding carboxylic acids is 1. The first kappa shape index (κ1) is 17.9. The molecule has 0 spiro atoms. The van der Waals surface area contributed by atoms with Crippen LogP contribution in [0.1, 0.15) is 15.9 Å². The Balaban J connectivity index is 1.69. The van der Waals surface area contributed by atoms with Crippen molar-refractivity contribution >= 4 is 28.7 Å². The van der Waals surface area contributed by atoms with Crippen molar-refractivity contribution < 1.29 is 9.72 Å². The molecular formula is C20H16N4O3. The van der Waals surface area contributed by atoms with Gasteiger partial charge in [0.05, 0.1) is 16.3 Å². The van der Waals surface area contributed by atoms with Crippen molar-refractivity contribution in [1.29, 1.82) is 0 Å². The first-order valence-electron chi connectivity index (χ1n) is 8.16. The summed E-state index contributed by atoms with van der Waals surface area (Å²) in [6.45, 7) is 1.63. The summed E-state index contributed by atoms with van der Waals surface area (Å²) in [5.74, 6) is -0.420. The van der Waals surface area contributed by atoms with Gasteiger partial charge in [0.2, 0.25) is 0 Å². The van der Waals surface area contributed by atoms with E-state index in [9.17, 15) is 14.9 Å². The zero-order chi connectivity index (χ0) is 19.2. The second-order valence-electron chi connectivity index (χ2n) is 5.79. The molecule has 7 heteroatoms. The molecule has 27 heavy (non-hydrogen) atoms. The SMILES string of the molecule is Cc1ccc(C(=O)Nc2ccc(N=Nc3ccccc3)cc2)cc1[N+](=O)[O-]. The summed E-state index contributed by atoms with van der Waals surface area (Å²) in [6.07, 6.45) is 0. The largest absolute Gasteiger partial charge is 0.322 e. The number of nitro benzene ring substituents is 1. The van der Waals surface area contributed by atoms with Gasteiger partial charge < -0.3 is 5.32 Å². The first-order chi connectivity index (χ1) is 13.0. The van der Waals surface area contributed by atoms with E-state index in [1.807, 2.05) is 30.3 Å². The molecule has 0 atom stereocenters. The van der Waals surface area contributed by atoms with Gasteiger partial charge in [-0.05, 0) is 49.4 Å². The maximum absolute atomic E-state index is 12.3. The van der Waals surface area contributed by atoms with E-state index in [1.165, 1.54) is 6.07 Å². The van der Waals surface area contributed by atoms with Gasteiger partial charge in [-0.2, -0.15) is 10.2 Å². The second kappa shape index (κ2) is 8.01. The topological polar surface area (TPSA) is 97.0 Å². The van der Waals surface area contributed by atoms with Gasteiger partial charge in [-0.3, -0.25) is 14.9 Å². The number of nitrogens with one attached hydrogen (secondary N) is 1. The summed E-state index contributed by atoms with van der Waals surface area (Å²) in [6, 6.07) is 20.6. The fourth-order valence-corrected chi connectivity index (χ4v) is 2.37. The molecule has 1 N–H and O–H groups in total. The highest BCUT2D eigenvalue weighted by Gasteiger charge is 2.15. The highest BCUT2D eigenvalue weighted by Crippen LogP contribution is 2.22. The molecule has 0 saturated carbocycles. The minimum absolute atomic E-state index is 0.0840. The number of carbonyl (C=O) groups is 1. The molecule has 3 rings (SSSR count). The summed E-state index contributed by atoms with van der Waals surface area (Å²) in [7, 11) is 0. The van der Waals surface area contributed by atoms with E-state index in [4.69, 9.17) is 0 Å². The molecule has 0 aliphatic carbocycles. The number of nitro groups is 1. The summed E-state index contributed by atoms with van der Waals surface area (Å²) >= 11 is 0. The van der Waals surface area contributed by atoms with E-state index in [0.717, 1.165) is 5.69 Å². The van der Waals surface area contributed by atoms with Crippen LogP contribution in [0, 0.1) is 17.0 Å². The van der Waals surface area contributed by atoms with Crippen molar-refractivity contribution in [1.82, 2.24) is 0 Å². The Kier molecular flexibility index (Phi) is 5.32. The molecule has 7 nitrogen and oxygen atoms in total. The molecule has 0 unspecified atom stereocenters. The standard InChI is InChI=1S/C20H16N4O3/c1-14-7-8-15(13-19(14)24(26)27)20(25)21-16-9-11-18(12-10-16)23-22-17-5-3-2-4-6-17/h2-13H,1H3,(H,21,25). The monoisotopic (exact) mass is 360 g/mol. The van der Waals surface area contributed by atoms with Crippen LogP contribution in [-0.4, -0.2) is 10.8 Å². The lowest BCUT2D eigenvalue weighted by molar-refractivity contribution is -0.385. The summed E-state index contributed by atoms with van der Waals surface area (Å²) in [5.41, 5.74) is 2.59. The minimum Gasteiger partial charge on any atom is -0.322 e. The Bertz CT molecular complexity index is 999. The van der Waals surface area contributed by atoms with Crippen molar-refractivity contribution in [3.05, 3.63) is 94.0 Å². The maximum atomic E-state index is 12.3. The number of hydrogen-bond donors (Lipinski definition) is 1. The quantitative estimate of drug-likeness (QED) is 0.366. The number of amides is 1. The lowest BCUT2D eigenvalue weighted by atomic mass is 10.1. The normalized spacial score (nSPS) is 10.7. The van der Waals surface area contributed by atoms with E-state index >= 15 is 0 Å². The van der Waals surface area contributed by atoms with Crippen molar-refractivity contribution in [3.63, 3.8) is 0 Å². The van der Waals surface area contributed by atoms with Crippen molar-refractivity contribution in [2.75, 3.05) is 5.32 Å². The van der Waals surface area contributed by atoms with Gasteiger partial charge in [0.25, 0.3) is 11.6 Å². The highest BCUT2D eigenvalue weighted by atomic mass is 16.6. The van der Waals surface area contributed by atoms with E-state index < -0.39 is 10.8 Å². The molecule has 3 aromatic rings. The summed E-state index contributed by atoms with van der Waals surface area (Å²) in [4.78, 5) is 22.8. The third-order valence-electron chi connectivity index (χ3n) is 3.83. The van der Waals surface area contributed by atoms with Crippen LogP contribution >= 0.6 is 0 Å². The van der Waals surface area contributed by atoms with Crippen LogP contribution in [-0.2, 0) is 0 Å². The Morgan fingerprint density at radius 1 is 0.926 bits per heavy atom. The van der Waals surface area contributed by atoms with E-state index in [1.54, 1.807) is 43.3 Å². The minimum atomic E-state index is -0.501. The fourth-order valence-electron chi connectivity index (χ4n) is 2.37. The Hall–Kier alpha value is -3.87. The predicted octanol–water partition coefficient (Wildman–Crippen LogP) is 5.57. The van der Waals surface area contributed by atoms with Crippen molar-refractivity contribution in [3.8, 4) is 0 Å². The van der Waals surface area contributed by atoms with Crippen LogP contribution in [0.5, 0.6) is 0 Å².